The third-order valence-corrected chi connectivity index (χ3v) is 5.49. The number of para-hydroxylation sites is 1. The van der Waals surface area contributed by atoms with Gasteiger partial charge in [-0.3, -0.25) is 0 Å². The lowest BCUT2D eigenvalue weighted by atomic mass is 9.83. The molecule has 3 rings (SSSR count). The van der Waals surface area contributed by atoms with Gasteiger partial charge in [0.1, 0.15) is 6.61 Å². The number of rotatable bonds is 8. The van der Waals surface area contributed by atoms with Crippen LogP contribution in [0.1, 0.15) is 25.7 Å². The first kappa shape index (κ1) is 22.1. The maximum Gasteiger partial charge on any atom is 0.418 e. The molecule has 0 saturated heterocycles. The van der Waals surface area contributed by atoms with Gasteiger partial charge in [-0.1, -0.05) is 35.9 Å². The van der Waals surface area contributed by atoms with Crippen LogP contribution in [0.25, 0.3) is 0 Å². The molecule has 1 aliphatic rings. The van der Waals surface area contributed by atoms with Crippen LogP contribution in [0.4, 0.5) is 16.2 Å². The van der Waals surface area contributed by atoms with Gasteiger partial charge in [-0.05, 0) is 67.9 Å². The van der Waals surface area contributed by atoms with Crippen molar-refractivity contribution in [2.45, 2.75) is 25.7 Å². The highest BCUT2D eigenvalue weighted by Crippen LogP contribution is 2.31. The molecule has 2 aromatic rings. The first-order valence-electron chi connectivity index (χ1n) is 10.1. The highest BCUT2D eigenvalue weighted by Gasteiger charge is 2.25. The van der Waals surface area contributed by atoms with Crippen molar-refractivity contribution < 1.29 is 24.2 Å². The number of nitrogens with zero attached hydrogens (tertiary/aromatic N) is 1. The summed E-state index contributed by atoms with van der Waals surface area (Å²) in [6.07, 6.45) is 3.31. The van der Waals surface area contributed by atoms with Gasteiger partial charge in [-0.25, -0.2) is 14.5 Å². The number of carbonyl (C=O) groups excluding carboxylic acids is 1. The molecule has 7 heteroatoms. The Morgan fingerprint density at radius 3 is 2.20 bits per heavy atom. The van der Waals surface area contributed by atoms with Crippen molar-refractivity contribution >= 4 is 35.0 Å². The van der Waals surface area contributed by atoms with Crippen LogP contribution in [-0.2, 0) is 14.3 Å². The first-order chi connectivity index (χ1) is 14.5. The number of amides is 1. The van der Waals surface area contributed by atoms with Gasteiger partial charge in [0.05, 0.1) is 24.6 Å². The molecule has 160 valence electrons. The van der Waals surface area contributed by atoms with Crippen LogP contribution in [0, 0.1) is 11.8 Å². The van der Waals surface area contributed by atoms with Crippen molar-refractivity contribution in [2.75, 3.05) is 24.7 Å². The molecule has 2 aromatic carbocycles. The number of anilines is 2. The summed E-state index contributed by atoms with van der Waals surface area (Å²) in [6.45, 7) is 0.567. The standard InChI is InChI=1S/C23H26ClNO5/c24-19-5-4-8-21(13-19)25(20-6-2-1-3-7-20)23(28)30-15-18-11-9-17(10-12-18)14-29-16-22(26)27/h1-8,13,17-18H,9-12,14-16H2,(H,26,27). The predicted molar refractivity (Wildman–Crippen MR) is 115 cm³/mol. The van der Waals surface area contributed by atoms with Crippen molar-refractivity contribution in [1.29, 1.82) is 0 Å². The van der Waals surface area contributed by atoms with Crippen molar-refractivity contribution in [3.63, 3.8) is 0 Å². The molecule has 0 radical (unpaired) electrons. The molecule has 0 aliphatic heterocycles. The summed E-state index contributed by atoms with van der Waals surface area (Å²) in [7, 11) is 0. The van der Waals surface area contributed by atoms with Crippen molar-refractivity contribution in [1.82, 2.24) is 0 Å². The van der Waals surface area contributed by atoms with Crippen molar-refractivity contribution in [3.8, 4) is 0 Å². The number of carboxylic acids is 1. The Morgan fingerprint density at radius 1 is 0.933 bits per heavy atom. The highest BCUT2D eigenvalue weighted by atomic mass is 35.5. The van der Waals surface area contributed by atoms with Crippen LogP contribution in [-0.4, -0.2) is 37.0 Å². The molecule has 0 bridgehead atoms. The minimum absolute atomic E-state index is 0.254. The molecule has 1 aliphatic carbocycles. The lowest BCUT2D eigenvalue weighted by molar-refractivity contribution is -0.142. The van der Waals surface area contributed by atoms with E-state index in [1.165, 1.54) is 4.90 Å². The Labute approximate surface area is 181 Å². The summed E-state index contributed by atoms with van der Waals surface area (Å²) in [4.78, 5) is 25.0. The van der Waals surface area contributed by atoms with E-state index in [1.54, 1.807) is 18.2 Å². The van der Waals surface area contributed by atoms with Crippen LogP contribution in [0.3, 0.4) is 0 Å². The van der Waals surface area contributed by atoms with Crippen molar-refractivity contribution in [3.05, 3.63) is 59.6 Å². The maximum absolute atomic E-state index is 13.0. The van der Waals surface area contributed by atoms with E-state index in [2.05, 4.69) is 0 Å². The lowest BCUT2D eigenvalue weighted by Gasteiger charge is -2.29. The van der Waals surface area contributed by atoms with Gasteiger partial charge in [-0.15, -0.1) is 0 Å². The van der Waals surface area contributed by atoms with E-state index in [9.17, 15) is 9.59 Å². The maximum atomic E-state index is 13.0. The highest BCUT2D eigenvalue weighted by molar-refractivity contribution is 6.31. The number of hydrogen-bond acceptors (Lipinski definition) is 4. The second-order valence-corrected chi connectivity index (χ2v) is 7.96. The number of hydrogen-bond donors (Lipinski definition) is 1. The number of ether oxygens (including phenoxy) is 2. The molecular formula is C23H26ClNO5. The van der Waals surface area contributed by atoms with Crippen LogP contribution in [0.2, 0.25) is 5.02 Å². The van der Waals surface area contributed by atoms with Gasteiger partial charge >= 0.3 is 12.1 Å². The molecule has 0 heterocycles. The molecule has 6 nitrogen and oxygen atoms in total. The molecule has 1 N–H and O–H groups in total. The predicted octanol–water partition coefficient (Wildman–Crippen LogP) is 5.52. The minimum atomic E-state index is -0.946. The Bertz CT molecular complexity index is 836. The topological polar surface area (TPSA) is 76.1 Å². The largest absolute Gasteiger partial charge is 0.480 e. The normalized spacial score (nSPS) is 18.6. The van der Waals surface area contributed by atoms with Gasteiger partial charge < -0.3 is 14.6 Å². The monoisotopic (exact) mass is 431 g/mol. The molecule has 0 spiro atoms. The summed E-state index contributed by atoms with van der Waals surface area (Å²) in [5, 5.41) is 9.19. The van der Waals surface area contributed by atoms with E-state index >= 15 is 0 Å². The average molecular weight is 432 g/mol. The number of benzene rings is 2. The lowest BCUT2D eigenvalue weighted by Crippen LogP contribution is -2.30. The summed E-state index contributed by atoms with van der Waals surface area (Å²) in [5.74, 6) is -0.288. The Balaban J connectivity index is 1.55. The minimum Gasteiger partial charge on any atom is -0.480 e. The van der Waals surface area contributed by atoms with Gasteiger partial charge in [0.2, 0.25) is 0 Å². The van der Waals surface area contributed by atoms with Crippen LogP contribution in [0.15, 0.2) is 54.6 Å². The quantitative estimate of drug-likeness (QED) is 0.595. The number of aliphatic carboxylic acids is 1. The molecular weight excluding hydrogens is 406 g/mol. The van der Waals surface area contributed by atoms with Gasteiger partial charge in [0.25, 0.3) is 0 Å². The fraction of sp³-hybridized carbons (Fsp3) is 0.391. The average Bonchev–Trinajstić information content (AvgIpc) is 2.74. The van der Waals surface area contributed by atoms with Crippen LogP contribution >= 0.6 is 11.6 Å². The Hall–Kier alpha value is -2.57. The SMILES string of the molecule is O=C(O)COCC1CCC(COC(=O)N(c2ccccc2)c2cccc(Cl)c2)CC1. The summed E-state index contributed by atoms with van der Waals surface area (Å²) < 4.78 is 10.9. The Morgan fingerprint density at radius 2 is 1.57 bits per heavy atom. The third kappa shape index (κ3) is 6.47. The zero-order valence-corrected chi connectivity index (χ0v) is 17.5. The second-order valence-electron chi connectivity index (χ2n) is 7.52. The number of halogens is 1. The molecule has 0 atom stereocenters. The molecule has 1 amide bonds. The zero-order valence-electron chi connectivity index (χ0n) is 16.7. The fourth-order valence-electron chi connectivity index (χ4n) is 3.68. The van der Waals surface area contributed by atoms with Gasteiger partial charge in [-0.2, -0.15) is 0 Å². The third-order valence-electron chi connectivity index (χ3n) is 5.25. The van der Waals surface area contributed by atoms with E-state index in [4.69, 9.17) is 26.2 Å². The molecule has 0 aromatic heterocycles. The molecule has 1 fully saturated rings. The van der Waals surface area contributed by atoms with Gasteiger partial charge in [0.15, 0.2) is 0 Å². The zero-order chi connectivity index (χ0) is 21.3. The summed E-state index contributed by atoms with van der Waals surface area (Å²) >= 11 is 6.13. The van der Waals surface area contributed by atoms with Crippen LogP contribution < -0.4 is 4.90 Å². The smallest absolute Gasteiger partial charge is 0.418 e. The Kier molecular flexibility index (Phi) is 8.11. The second kappa shape index (κ2) is 11.0. The van der Waals surface area contributed by atoms with Crippen molar-refractivity contribution in [2.24, 2.45) is 11.8 Å². The van der Waals surface area contributed by atoms with Crippen LogP contribution in [0.5, 0.6) is 0 Å². The molecule has 30 heavy (non-hydrogen) atoms. The number of carboxylic acid groups (broad SMARTS) is 1. The van der Waals surface area contributed by atoms with Gasteiger partial charge in [0, 0.05) is 5.02 Å². The summed E-state index contributed by atoms with van der Waals surface area (Å²) in [5.41, 5.74) is 1.36. The van der Waals surface area contributed by atoms with E-state index in [1.807, 2.05) is 36.4 Å². The first-order valence-corrected chi connectivity index (χ1v) is 10.5. The van der Waals surface area contributed by atoms with E-state index in [0.29, 0.717) is 41.4 Å². The fourth-order valence-corrected chi connectivity index (χ4v) is 3.87. The van der Waals surface area contributed by atoms with E-state index in [-0.39, 0.29) is 6.61 Å². The summed E-state index contributed by atoms with van der Waals surface area (Å²) in [6, 6.07) is 16.5. The van der Waals surface area contributed by atoms with E-state index < -0.39 is 12.1 Å². The van der Waals surface area contributed by atoms with E-state index in [0.717, 1.165) is 25.7 Å². The number of carbonyl (C=O) groups is 2. The molecule has 0 unspecified atom stereocenters. The molecule has 1 saturated carbocycles.